The van der Waals surface area contributed by atoms with E-state index in [1.807, 2.05) is 54.6 Å². The maximum Gasteiger partial charge on any atom is 0.411 e. The Balaban J connectivity index is 1.46. The van der Waals surface area contributed by atoms with Crippen LogP contribution in [-0.4, -0.2) is 40.3 Å². The van der Waals surface area contributed by atoms with Gasteiger partial charge in [-0.3, -0.25) is 19.8 Å². The lowest BCUT2D eigenvalue weighted by molar-refractivity contribution is -0.384. The molecule has 1 atom stereocenters. The van der Waals surface area contributed by atoms with Crippen LogP contribution in [0.3, 0.4) is 0 Å². The predicted octanol–water partition coefficient (Wildman–Crippen LogP) is 4.08. The molecule has 0 bridgehead atoms. The van der Waals surface area contributed by atoms with Crippen molar-refractivity contribution in [2.24, 2.45) is 0 Å². The second-order valence-electron chi connectivity index (χ2n) is 8.00. The molecule has 0 spiro atoms. The number of benzene rings is 3. The average molecular weight is 474 g/mol. The molecule has 1 aliphatic heterocycles. The van der Waals surface area contributed by atoms with Crippen LogP contribution < -0.4 is 0 Å². The zero-order valence-corrected chi connectivity index (χ0v) is 18.7. The normalized spacial score (nSPS) is 14.5. The smallest absolute Gasteiger partial charge is 0.411 e. The van der Waals surface area contributed by atoms with Crippen molar-refractivity contribution < 1.29 is 28.8 Å². The number of nitrogens with zero attached hydrogens (tertiary/aromatic N) is 2. The van der Waals surface area contributed by atoms with Gasteiger partial charge in [-0.2, -0.15) is 0 Å². The molecule has 3 aromatic rings. The van der Waals surface area contributed by atoms with E-state index < -0.39 is 35.4 Å². The van der Waals surface area contributed by atoms with Gasteiger partial charge in [0.2, 0.25) is 5.78 Å². The third-order valence-corrected chi connectivity index (χ3v) is 5.68. The number of hydrogen-bond donors (Lipinski definition) is 0. The number of Topliss-reactive ketones (excluding diaryl/α,β-unsaturated/α-hetero) is 1. The maximum absolute atomic E-state index is 13.0. The number of rotatable bonds is 7. The van der Waals surface area contributed by atoms with Gasteiger partial charge in [0, 0.05) is 24.1 Å². The number of amides is 1. The quantitative estimate of drug-likeness (QED) is 0.219. The molecule has 1 amide bonds. The van der Waals surface area contributed by atoms with Crippen molar-refractivity contribution in [3.05, 3.63) is 111 Å². The minimum Gasteiger partial charge on any atom is -0.456 e. The maximum atomic E-state index is 13.0. The van der Waals surface area contributed by atoms with Crippen molar-refractivity contribution in [3.63, 3.8) is 0 Å². The van der Waals surface area contributed by atoms with Crippen LogP contribution in [0.15, 0.2) is 78.9 Å². The van der Waals surface area contributed by atoms with E-state index in [-0.39, 0.29) is 30.8 Å². The Morgan fingerprint density at radius 2 is 1.63 bits per heavy atom. The number of non-ortho nitro benzene ring substituents is 1. The van der Waals surface area contributed by atoms with Crippen LogP contribution in [0, 0.1) is 10.1 Å². The number of carbonyl (C=O) groups excluding carboxylic acids is 3. The molecule has 35 heavy (non-hydrogen) atoms. The summed E-state index contributed by atoms with van der Waals surface area (Å²) in [5, 5.41) is 11.0. The van der Waals surface area contributed by atoms with Gasteiger partial charge in [-0.1, -0.05) is 66.7 Å². The Labute approximate surface area is 201 Å². The van der Waals surface area contributed by atoms with Gasteiger partial charge < -0.3 is 9.47 Å². The summed E-state index contributed by atoms with van der Waals surface area (Å²) in [6.07, 6.45) is -0.462. The lowest BCUT2D eigenvalue weighted by Gasteiger charge is -2.34. The minimum atomic E-state index is -0.980. The molecule has 0 aromatic heterocycles. The first-order valence-electron chi connectivity index (χ1n) is 10.9. The van der Waals surface area contributed by atoms with Gasteiger partial charge >= 0.3 is 12.1 Å². The van der Waals surface area contributed by atoms with Crippen LogP contribution in [0.2, 0.25) is 0 Å². The summed E-state index contributed by atoms with van der Waals surface area (Å²) in [5.74, 6) is -1.34. The van der Waals surface area contributed by atoms with Crippen molar-refractivity contribution >= 4 is 23.5 Å². The molecule has 178 valence electrons. The molecule has 4 rings (SSSR count). The van der Waals surface area contributed by atoms with E-state index in [2.05, 4.69) is 0 Å². The molecule has 0 unspecified atom stereocenters. The van der Waals surface area contributed by atoms with Crippen molar-refractivity contribution in [2.45, 2.75) is 25.6 Å². The van der Waals surface area contributed by atoms with Crippen molar-refractivity contribution in [1.29, 1.82) is 0 Å². The zero-order valence-electron chi connectivity index (χ0n) is 18.7. The standard InChI is InChI=1S/C26H22N2O7/c29-24(20-11-6-12-22(13-20)28(32)33)17-34-25(30)23-14-19-9-4-5-10-21(19)15-27(23)26(31)35-16-18-7-2-1-3-8-18/h1-13,23H,14-17H2/t23-/m0/s1. The van der Waals surface area contributed by atoms with Gasteiger partial charge in [0.15, 0.2) is 6.61 Å². The molecule has 0 N–H and O–H groups in total. The van der Waals surface area contributed by atoms with Gasteiger partial charge in [0.1, 0.15) is 12.6 Å². The molecule has 0 saturated heterocycles. The summed E-state index contributed by atoms with van der Waals surface area (Å²) in [7, 11) is 0. The lowest BCUT2D eigenvalue weighted by atomic mass is 9.94. The van der Waals surface area contributed by atoms with E-state index >= 15 is 0 Å². The molecule has 0 saturated carbocycles. The minimum absolute atomic E-state index is 0.0465. The topological polar surface area (TPSA) is 116 Å². The van der Waals surface area contributed by atoms with E-state index in [9.17, 15) is 24.5 Å². The molecular formula is C26H22N2O7. The van der Waals surface area contributed by atoms with Gasteiger partial charge in [-0.25, -0.2) is 9.59 Å². The van der Waals surface area contributed by atoms with Crippen molar-refractivity contribution in [1.82, 2.24) is 4.90 Å². The predicted molar refractivity (Wildman–Crippen MR) is 124 cm³/mol. The van der Waals surface area contributed by atoms with E-state index in [1.54, 1.807) is 0 Å². The van der Waals surface area contributed by atoms with Crippen LogP contribution in [0.25, 0.3) is 0 Å². The van der Waals surface area contributed by atoms with Crippen molar-refractivity contribution in [3.8, 4) is 0 Å². The molecule has 9 nitrogen and oxygen atoms in total. The Hall–Kier alpha value is -4.53. The number of esters is 1. The largest absolute Gasteiger partial charge is 0.456 e. The first-order valence-corrected chi connectivity index (χ1v) is 10.9. The first-order chi connectivity index (χ1) is 16.9. The van der Waals surface area contributed by atoms with Gasteiger partial charge in [0.05, 0.1) is 11.5 Å². The Bertz CT molecular complexity index is 1260. The fourth-order valence-corrected chi connectivity index (χ4v) is 3.84. The van der Waals surface area contributed by atoms with Gasteiger partial charge in [-0.15, -0.1) is 0 Å². The van der Waals surface area contributed by atoms with E-state index in [0.29, 0.717) is 0 Å². The molecule has 0 aliphatic carbocycles. The Morgan fingerprint density at radius 1 is 0.914 bits per heavy atom. The molecule has 3 aromatic carbocycles. The van der Waals surface area contributed by atoms with Crippen LogP contribution in [0.4, 0.5) is 10.5 Å². The van der Waals surface area contributed by atoms with Crippen LogP contribution in [-0.2, 0) is 33.8 Å². The molecular weight excluding hydrogens is 452 g/mol. The van der Waals surface area contributed by atoms with E-state index in [1.165, 1.54) is 23.1 Å². The number of ketones is 1. The SMILES string of the molecule is O=C(COC(=O)[C@@H]1Cc2ccccc2CN1C(=O)OCc1ccccc1)c1cccc([N+](=O)[O-])c1. The fraction of sp³-hybridized carbons (Fsp3) is 0.192. The fourth-order valence-electron chi connectivity index (χ4n) is 3.84. The molecule has 0 fully saturated rings. The van der Waals surface area contributed by atoms with Crippen molar-refractivity contribution in [2.75, 3.05) is 6.61 Å². The number of nitro groups is 1. The van der Waals surface area contributed by atoms with Gasteiger partial charge in [0.25, 0.3) is 5.69 Å². The summed E-state index contributed by atoms with van der Waals surface area (Å²) >= 11 is 0. The summed E-state index contributed by atoms with van der Waals surface area (Å²) in [6, 6.07) is 20.8. The summed E-state index contributed by atoms with van der Waals surface area (Å²) in [5.41, 5.74) is 2.41. The highest BCUT2D eigenvalue weighted by Gasteiger charge is 2.37. The monoisotopic (exact) mass is 474 g/mol. The third kappa shape index (κ3) is 5.70. The van der Waals surface area contributed by atoms with E-state index in [4.69, 9.17) is 9.47 Å². The number of fused-ring (bicyclic) bond motifs is 1. The van der Waals surface area contributed by atoms with Gasteiger partial charge in [-0.05, 0) is 16.7 Å². The second-order valence-corrected chi connectivity index (χ2v) is 8.00. The Morgan fingerprint density at radius 3 is 2.37 bits per heavy atom. The third-order valence-electron chi connectivity index (χ3n) is 5.68. The zero-order chi connectivity index (χ0) is 24.8. The molecule has 0 radical (unpaired) electrons. The number of ether oxygens (including phenoxy) is 2. The highest BCUT2D eigenvalue weighted by Crippen LogP contribution is 2.25. The summed E-state index contributed by atoms with van der Waals surface area (Å²) in [6.45, 7) is -0.404. The summed E-state index contributed by atoms with van der Waals surface area (Å²) < 4.78 is 10.7. The van der Waals surface area contributed by atoms with Crippen LogP contribution in [0.5, 0.6) is 0 Å². The Kier molecular flexibility index (Phi) is 7.15. The number of nitro benzene ring substituents is 1. The first kappa shape index (κ1) is 23.6. The average Bonchev–Trinajstić information content (AvgIpc) is 2.90. The summed E-state index contributed by atoms with van der Waals surface area (Å²) in [4.78, 5) is 50.0. The number of hydrogen-bond acceptors (Lipinski definition) is 7. The number of carbonyl (C=O) groups is 3. The van der Waals surface area contributed by atoms with Crippen LogP contribution in [0.1, 0.15) is 27.0 Å². The molecule has 1 heterocycles. The lowest BCUT2D eigenvalue weighted by Crippen LogP contribution is -2.49. The highest BCUT2D eigenvalue weighted by molar-refractivity contribution is 5.98. The van der Waals surface area contributed by atoms with E-state index in [0.717, 1.165) is 22.8 Å². The molecule has 9 heteroatoms. The molecule has 1 aliphatic rings. The van der Waals surface area contributed by atoms with Crippen LogP contribution >= 0.6 is 0 Å². The second kappa shape index (κ2) is 10.6. The highest BCUT2D eigenvalue weighted by atomic mass is 16.6.